The van der Waals surface area contributed by atoms with Crippen molar-refractivity contribution in [1.29, 1.82) is 0 Å². The molecule has 1 heterocycles. The van der Waals surface area contributed by atoms with Gasteiger partial charge in [0.15, 0.2) is 0 Å². The Morgan fingerprint density at radius 2 is 1.67 bits per heavy atom. The Hall–Kier alpha value is -1.02. The zero-order chi connectivity index (χ0) is 14.9. The number of ether oxygens (including phenoxy) is 1. The van der Waals surface area contributed by atoms with Gasteiger partial charge in [0, 0.05) is 0 Å². The number of likely N-dealkylation sites (tertiary alicyclic amines) is 1. The second-order valence-electron chi connectivity index (χ2n) is 6.69. The number of piperidine rings is 1. The van der Waals surface area contributed by atoms with Crippen molar-refractivity contribution >= 4 is 0 Å². The Morgan fingerprint density at radius 1 is 0.952 bits per heavy atom. The highest BCUT2D eigenvalue weighted by Gasteiger charge is 2.12. The zero-order valence-corrected chi connectivity index (χ0v) is 13.9. The predicted octanol–water partition coefficient (Wildman–Crippen LogP) is 3.43. The summed E-state index contributed by atoms with van der Waals surface area (Å²) in [6, 6.07) is 8.57. The lowest BCUT2D eigenvalue weighted by molar-refractivity contribution is -0.905. The molecule has 1 aliphatic rings. The van der Waals surface area contributed by atoms with E-state index in [1.165, 1.54) is 63.7 Å². The fraction of sp³-hybridized carbons (Fsp3) is 0.684. The van der Waals surface area contributed by atoms with Gasteiger partial charge in [-0.3, -0.25) is 0 Å². The van der Waals surface area contributed by atoms with Crippen molar-refractivity contribution in [2.24, 2.45) is 0 Å². The Morgan fingerprint density at radius 3 is 2.33 bits per heavy atom. The summed E-state index contributed by atoms with van der Waals surface area (Å²) in [5.74, 6) is 1.61. The number of nitrogens with one attached hydrogen (secondary N) is 1. The highest BCUT2D eigenvalue weighted by Crippen LogP contribution is 2.18. The van der Waals surface area contributed by atoms with Crippen LogP contribution < -0.4 is 9.64 Å². The van der Waals surface area contributed by atoms with Gasteiger partial charge in [-0.05, 0) is 62.1 Å². The van der Waals surface area contributed by atoms with Gasteiger partial charge >= 0.3 is 0 Å². The first kappa shape index (κ1) is 16.4. The van der Waals surface area contributed by atoms with E-state index in [4.69, 9.17) is 4.74 Å². The van der Waals surface area contributed by atoms with E-state index in [2.05, 4.69) is 38.1 Å². The molecule has 0 saturated carbocycles. The van der Waals surface area contributed by atoms with Gasteiger partial charge in [-0.15, -0.1) is 0 Å². The minimum atomic E-state index is 0.594. The Bertz CT molecular complexity index is 379. The van der Waals surface area contributed by atoms with E-state index in [0.29, 0.717) is 5.92 Å². The predicted molar refractivity (Wildman–Crippen MR) is 89.3 cm³/mol. The molecule has 2 rings (SSSR count). The van der Waals surface area contributed by atoms with Crippen molar-refractivity contribution in [3.05, 3.63) is 29.8 Å². The normalized spacial score (nSPS) is 16.3. The molecule has 0 bridgehead atoms. The third-order valence-electron chi connectivity index (χ3n) is 4.55. The van der Waals surface area contributed by atoms with Gasteiger partial charge in [0.2, 0.25) is 0 Å². The first-order valence-corrected chi connectivity index (χ1v) is 8.82. The van der Waals surface area contributed by atoms with E-state index < -0.39 is 0 Å². The second kappa shape index (κ2) is 9.09. The molecule has 0 amide bonds. The van der Waals surface area contributed by atoms with E-state index in [0.717, 1.165) is 12.4 Å². The molecule has 0 radical (unpaired) electrons. The summed E-state index contributed by atoms with van der Waals surface area (Å²) in [5, 5.41) is 0. The molecule has 0 spiro atoms. The molecule has 0 aliphatic carbocycles. The van der Waals surface area contributed by atoms with Crippen LogP contribution in [0.5, 0.6) is 5.75 Å². The zero-order valence-electron chi connectivity index (χ0n) is 13.9. The van der Waals surface area contributed by atoms with Crippen molar-refractivity contribution in [2.45, 2.75) is 58.3 Å². The summed E-state index contributed by atoms with van der Waals surface area (Å²) >= 11 is 0. The number of hydrogen-bond donors (Lipinski definition) is 1. The minimum absolute atomic E-state index is 0.594. The number of benzene rings is 1. The first-order valence-electron chi connectivity index (χ1n) is 8.82. The number of unbranched alkanes of at least 4 members (excludes halogenated alkanes) is 2. The summed E-state index contributed by atoms with van der Waals surface area (Å²) in [6.45, 7) is 9.47. The van der Waals surface area contributed by atoms with Crippen molar-refractivity contribution in [2.75, 3.05) is 26.2 Å². The molecule has 1 saturated heterocycles. The summed E-state index contributed by atoms with van der Waals surface area (Å²) in [7, 11) is 0. The molecule has 21 heavy (non-hydrogen) atoms. The van der Waals surface area contributed by atoms with Gasteiger partial charge < -0.3 is 9.64 Å². The fourth-order valence-corrected chi connectivity index (χ4v) is 3.09. The van der Waals surface area contributed by atoms with Gasteiger partial charge in [-0.25, -0.2) is 0 Å². The standard InChI is InChI=1S/C19H31NO/c1-17(2)18-9-11-19(12-10-18)21-16-8-4-7-15-20-13-5-3-6-14-20/h9-12,17H,3-8,13-16H2,1-2H3/p+1. The molecule has 1 N–H and O–H groups in total. The maximum absolute atomic E-state index is 5.83. The molecule has 0 aromatic heterocycles. The van der Waals surface area contributed by atoms with Crippen LogP contribution in [0.25, 0.3) is 0 Å². The van der Waals surface area contributed by atoms with Crippen LogP contribution in [0.2, 0.25) is 0 Å². The van der Waals surface area contributed by atoms with E-state index in [1.54, 1.807) is 0 Å². The molecule has 1 fully saturated rings. The van der Waals surface area contributed by atoms with Crippen LogP contribution in [0.4, 0.5) is 0 Å². The van der Waals surface area contributed by atoms with Crippen molar-refractivity contribution in [3.63, 3.8) is 0 Å². The molecule has 0 unspecified atom stereocenters. The lowest BCUT2D eigenvalue weighted by Gasteiger charge is -2.23. The van der Waals surface area contributed by atoms with Crippen molar-refractivity contribution in [1.82, 2.24) is 0 Å². The quantitative estimate of drug-likeness (QED) is 0.724. The van der Waals surface area contributed by atoms with Crippen LogP contribution in [0.1, 0.15) is 63.9 Å². The largest absolute Gasteiger partial charge is 0.494 e. The van der Waals surface area contributed by atoms with Gasteiger partial charge in [-0.2, -0.15) is 0 Å². The molecule has 0 atom stereocenters. The molecule has 118 valence electrons. The highest BCUT2D eigenvalue weighted by molar-refractivity contribution is 5.28. The van der Waals surface area contributed by atoms with Crippen LogP contribution in [0.15, 0.2) is 24.3 Å². The van der Waals surface area contributed by atoms with E-state index in [-0.39, 0.29) is 0 Å². The van der Waals surface area contributed by atoms with Crippen LogP contribution in [0, 0.1) is 0 Å². The van der Waals surface area contributed by atoms with Crippen molar-refractivity contribution in [3.8, 4) is 5.75 Å². The average Bonchev–Trinajstić information content (AvgIpc) is 2.52. The smallest absolute Gasteiger partial charge is 0.119 e. The third kappa shape index (κ3) is 6.09. The lowest BCUT2D eigenvalue weighted by atomic mass is 10.0. The van der Waals surface area contributed by atoms with Crippen LogP contribution in [-0.4, -0.2) is 26.2 Å². The fourth-order valence-electron chi connectivity index (χ4n) is 3.09. The topological polar surface area (TPSA) is 13.7 Å². The summed E-state index contributed by atoms with van der Waals surface area (Å²) < 4.78 is 5.83. The van der Waals surface area contributed by atoms with E-state index >= 15 is 0 Å². The van der Waals surface area contributed by atoms with Gasteiger partial charge in [0.05, 0.1) is 26.2 Å². The lowest BCUT2D eigenvalue weighted by Crippen LogP contribution is -3.12. The number of rotatable bonds is 8. The maximum atomic E-state index is 5.83. The SMILES string of the molecule is CC(C)c1ccc(OCCCCC[NH+]2CCCCC2)cc1. The van der Waals surface area contributed by atoms with E-state index in [9.17, 15) is 0 Å². The molecule has 1 aliphatic heterocycles. The van der Waals surface area contributed by atoms with Crippen LogP contribution >= 0.6 is 0 Å². The average molecular weight is 290 g/mol. The van der Waals surface area contributed by atoms with Gasteiger partial charge in [0.1, 0.15) is 5.75 Å². The number of quaternary nitrogens is 1. The second-order valence-corrected chi connectivity index (χ2v) is 6.69. The minimum Gasteiger partial charge on any atom is -0.494 e. The summed E-state index contributed by atoms with van der Waals surface area (Å²) in [5.41, 5.74) is 1.38. The Kier molecular flexibility index (Phi) is 7.08. The molecule has 1 aromatic rings. The monoisotopic (exact) mass is 290 g/mol. The molecule has 2 nitrogen and oxygen atoms in total. The molecule has 1 aromatic carbocycles. The maximum Gasteiger partial charge on any atom is 0.119 e. The molecular weight excluding hydrogens is 258 g/mol. The Balaban J connectivity index is 1.53. The Labute approximate surface area is 130 Å². The third-order valence-corrected chi connectivity index (χ3v) is 4.55. The van der Waals surface area contributed by atoms with Crippen LogP contribution in [-0.2, 0) is 0 Å². The summed E-state index contributed by atoms with van der Waals surface area (Å²) in [4.78, 5) is 1.83. The van der Waals surface area contributed by atoms with Gasteiger partial charge in [-0.1, -0.05) is 26.0 Å². The van der Waals surface area contributed by atoms with Crippen molar-refractivity contribution < 1.29 is 9.64 Å². The summed E-state index contributed by atoms with van der Waals surface area (Å²) in [6.07, 6.45) is 8.15. The van der Waals surface area contributed by atoms with E-state index in [1.807, 2.05) is 4.90 Å². The highest BCUT2D eigenvalue weighted by atomic mass is 16.5. The molecule has 2 heteroatoms. The van der Waals surface area contributed by atoms with Crippen LogP contribution in [0.3, 0.4) is 0 Å². The first-order chi connectivity index (χ1) is 10.3. The van der Waals surface area contributed by atoms with Gasteiger partial charge in [0.25, 0.3) is 0 Å². The number of hydrogen-bond acceptors (Lipinski definition) is 1. The molecular formula is C19H32NO+.